The highest BCUT2D eigenvalue weighted by Gasteiger charge is 2.34. The zero-order valence-corrected chi connectivity index (χ0v) is 9.61. The van der Waals surface area contributed by atoms with Gasteiger partial charge in [0.25, 0.3) is 0 Å². The van der Waals surface area contributed by atoms with Crippen LogP contribution in [0.15, 0.2) is 24.3 Å². The Balaban J connectivity index is 1.95. The maximum Gasteiger partial charge on any atom is 0.136 e. The van der Waals surface area contributed by atoms with Crippen LogP contribution < -0.4 is 0 Å². The molecular formula is C15H18O. The molecule has 0 aliphatic heterocycles. The molecular weight excluding hydrogens is 196 g/mol. The second-order valence-corrected chi connectivity index (χ2v) is 5.16. The van der Waals surface area contributed by atoms with Gasteiger partial charge in [-0.3, -0.25) is 4.79 Å². The molecule has 2 atom stereocenters. The molecule has 0 spiro atoms. The summed E-state index contributed by atoms with van der Waals surface area (Å²) >= 11 is 0. The molecule has 1 heteroatoms. The Labute approximate surface area is 96.9 Å². The quantitative estimate of drug-likeness (QED) is 0.699. The lowest BCUT2D eigenvalue weighted by Crippen LogP contribution is -2.21. The molecule has 0 bridgehead atoms. The molecule has 1 fully saturated rings. The third-order valence-electron chi connectivity index (χ3n) is 4.25. The number of rotatable bonds is 1. The minimum atomic E-state index is 0.335. The number of fused-ring (bicyclic) bond motifs is 1. The van der Waals surface area contributed by atoms with E-state index in [9.17, 15) is 4.79 Å². The maximum atomic E-state index is 11.9. The molecule has 0 amide bonds. The van der Waals surface area contributed by atoms with Crippen molar-refractivity contribution in [2.24, 2.45) is 5.92 Å². The van der Waals surface area contributed by atoms with Gasteiger partial charge in [-0.15, -0.1) is 0 Å². The van der Waals surface area contributed by atoms with Crippen molar-refractivity contribution in [2.75, 3.05) is 0 Å². The Hall–Kier alpha value is -1.11. The predicted molar refractivity (Wildman–Crippen MR) is 64.5 cm³/mol. The summed E-state index contributed by atoms with van der Waals surface area (Å²) < 4.78 is 0. The highest BCUT2D eigenvalue weighted by Crippen LogP contribution is 2.42. The maximum absolute atomic E-state index is 11.9. The van der Waals surface area contributed by atoms with E-state index < -0.39 is 0 Å². The van der Waals surface area contributed by atoms with Crippen LogP contribution in [0.25, 0.3) is 0 Å². The van der Waals surface area contributed by atoms with E-state index in [2.05, 4.69) is 24.3 Å². The van der Waals surface area contributed by atoms with Crippen molar-refractivity contribution in [1.29, 1.82) is 0 Å². The van der Waals surface area contributed by atoms with E-state index in [4.69, 9.17) is 0 Å². The van der Waals surface area contributed by atoms with Gasteiger partial charge in [-0.25, -0.2) is 0 Å². The molecule has 1 aromatic carbocycles. The molecule has 16 heavy (non-hydrogen) atoms. The van der Waals surface area contributed by atoms with Crippen LogP contribution in [0.1, 0.15) is 49.1 Å². The highest BCUT2D eigenvalue weighted by molar-refractivity contribution is 5.84. The fourth-order valence-electron chi connectivity index (χ4n) is 3.48. The van der Waals surface area contributed by atoms with E-state index in [0.29, 0.717) is 17.6 Å². The second kappa shape index (κ2) is 4.04. The minimum Gasteiger partial charge on any atom is -0.299 e. The number of carbonyl (C=O) groups excluding carboxylic acids is 1. The van der Waals surface area contributed by atoms with Crippen molar-refractivity contribution in [3.05, 3.63) is 35.4 Å². The Kier molecular flexibility index (Phi) is 2.55. The highest BCUT2D eigenvalue weighted by atomic mass is 16.1. The standard InChI is InChI=1S/C15H18O/c16-15-10-4-9-14(15)13-8-3-6-11-5-1-2-7-12(11)13/h1-2,5,7,13-14H,3-4,6,8-10H2. The Morgan fingerprint density at radius 2 is 1.69 bits per heavy atom. The van der Waals surface area contributed by atoms with Crippen molar-refractivity contribution >= 4 is 5.78 Å². The third-order valence-corrected chi connectivity index (χ3v) is 4.25. The topological polar surface area (TPSA) is 17.1 Å². The Bertz CT molecular complexity index is 408. The van der Waals surface area contributed by atoms with Crippen LogP contribution in [0.3, 0.4) is 0 Å². The lowest BCUT2D eigenvalue weighted by atomic mass is 9.75. The number of benzene rings is 1. The van der Waals surface area contributed by atoms with Gasteiger partial charge in [-0.05, 0) is 49.1 Å². The molecule has 3 rings (SSSR count). The van der Waals surface area contributed by atoms with Gasteiger partial charge in [0.2, 0.25) is 0 Å². The molecule has 84 valence electrons. The van der Waals surface area contributed by atoms with E-state index in [1.807, 2.05) is 0 Å². The minimum absolute atomic E-state index is 0.335. The van der Waals surface area contributed by atoms with Gasteiger partial charge in [0.05, 0.1) is 0 Å². The average molecular weight is 214 g/mol. The van der Waals surface area contributed by atoms with Gasteiger partial charge < -0.3 is 0 Å². The summed E-state index contributed by atoms with van der Waals surface area (Å²) in [6.07, 6.45) is 6.73. The van der Waals surface area contributed by atoms with Crippen LogP contribution in [0.2, 0.25) is 0 Å². The van der Waals surface area contributed by atoms with E-state index in [1.165, 1.54) is 30.4 Å². The molecule has 0 aromatic heterocycles. The molecule has 1 aromatic rings. The normalized spacial score (nSPS) is 29.1. The lowest BCUT2D eigenvalue weighted by molar-refractivity contribution is -0.121. The van der Waals surface area contributed by atoms with E-state index in [0.717, 1.165) is 19.3 Å². The summed E-state index contributed by atoms with van der Waals surface area (Å²) in [6, 6.07) is 8.72. The van der Waals surface area contributed by atoms with Crippen molar-refractivity contribution in [3.63, 3.8) is 0 Å². The number of Topliss-reactive ketones (excluding diaryl/α,β-unsaturated/α-hetero) is 1. The summed E-state index contributed by atoms with van der Waals surface area (Å²) in [7, 11) is 0. The summed E-state index contributed by atoms with van der Waals surface area (Å²) in [5, 5.41) is 0. The zero-order valence-electron chi connectivity index (χ0n) is 9.61. The average Bonchev–Trinajstić information content (AvgIpc) is 2.75. The Morgan fingerprint density at radius 3 is 2.50 bits per heavy atom. The first-order chi connectivity index (χ1) is 7.86. The van der Waals surface area contributed by atoms with Crippen molar-refractivity contribution in [1.82, 2.24) is 0 Å². The SMILES string of the molecule is O=C1CCCC1C1CCCc2ccccc21. The number of aryl methyl sites for hydroxylation is 1. The van der Waals surface area contributed by atoms with Gasteiger partial charge in [0.1, 0.15) is 5.78 Å². The van der Waals surface area contributed by atoms with Crippen molar-refractivity contribution in [2.45, 2.75) is 44.4 Å². The molecule has 0 saturated heterocycles. The van der Waals surface area contributed by atoms with Gasteiger partial charge in [-0.1, -0.05) is 24.3 Å². The number of hydrogen-bond acceptors (Lipinski definition) is 1. The smallest absolute Gasteiger partial charge is 0.136 e. The van der Waals surface area contributed by atoms with Gasteiger partial charge in [0, 0.05) is 12.3 Å². The van der Waals surface area contributed by atoms with Crippen LogP contribution in [0.4, 0.5) is 0 Å². The number of carbonyl (C=O) groups is 1. The number of ketones is 1. The number of hydrogen-bond donors (Lipinski definition) is 0. The predicted octanol–water partition coefficient (Wildman–Crippen LogP) is 3.48. The van der Waals surface area contributed by atoms with Gasteiger partial charge in [-0.2, -0.15) is 0 Å². The van der Waals surface area contributed by atoms with E-state index in [-0.39, 0.29) is 0 Å². The largest absolute Gasteiger partial charge is 0.299 e. The summed E-state index contributed by atoms with van der Waals surface area (Å²) in [5.74, 6) is 1.38. The summed E-state index contributed by atoms with van der Waals surface area (Å²) in [6.45, 7) is 0. The van der Waals surface area contributed by atoms with Crippen LogP contribution in [-0.4, -0.2) is 5.78 Å². The molecule has 0 heterocycles. The van der Waals surface area contributed by atoms with E-state index in [1.54, 1.807) is 0 Å². The van der Waals surface area contributed by atoms with Crippen LogP contribution >= 0.6 is 0 Å². The molecule has 0 radical (unpaired) electrons. The first kappa shape index (κ1) is 10.1. The third kappa shape index (κ3) is 1.59. The first-order valence-corrected chi connectivity index (χ1v) is 6.47. The molecule has 2 unspecified atom stereocenters. The summed E-state index contributed by atoms with van der Waals surface area (Å²) in [4.78, 5) is 11.9. The fourth-order valence-corrected chi connectivity index (χ4v) is 3.48. The fraction of sp³-hybridized carbons (Fsp3) is 0.533. The zero-order chi connectivity index (χ0) is 11.0. The second-order valence-electron chi connectivity index (χ2n) is 5.16. The Morgan fingerprint density at radius 1 is 0.938 bits per heavy atom. The molecule has 1 nitrogen and oxygen atoms in total. The summed E-state index contributed by atoms with van der Waals surface area (Å²) in [5.41, 5.74) is 2.95. The lowest BCUT2D eigenvalue weighted by Gasteiger charge is -2.29. The molecule has 2 aliphatic carbocycles. The van der Waals surface area contributed by atoms with Gasteiger partial charge in [0.15, 0.2) is 0 Å². The molecule has 1 saturated carbocycles. The van der Waals surface area contributed by atoms with Crippen LogP contribution in [0, 0.1) is 5.92 Å². The van der Waals surface area contributed by atoms with Crippen molar-refractivity contribution < 1.29 is 4.79 Å². The monoisotopic (exact) mass is 214 g/mol. The molecule has 2 aliphatic rings. The van der Waals surface area contributed by atoms with Crippen molar-refractivity contribution in [3.8, 4) is 0 Å². The van der Waals surface area contributed by atoms with Gasteiger partial charge >= 0.3 is 0 Å². The molecule has 0 N–H and O–H groups in total. The van der Waals surface area contributed by atoms with E-state index >= 15 is 0 Å². The first-order valence-electron chi connectivity index (χ1n) is 6.47. The van der Waals surface area contributed by atoms with Crippen LogP contribution in [0.5, 0.6) is 0 Å². The van der Waals surface area contributed by atoms with Crippen LogP contribution in [-0.2, 0) is 11.2 Å².